The molecule has 0 saturated carbocycles. The number of nitrogens with zero attached hydrogens (tertiary/aromatic N) is 1. The van der Waals surface area contributed by atoms with Gasteiger partial charge in [-0.2, -0.15) is 0 Å². The standard InChI is InChI=1S/C15H24N2O2S/c1-12-6-7-14(9-13(12)2)10-17-8-4-5-15(11-17)16-20(3,18)19/h6-7,9,15-16H,4-5,8,10-11H2,1-3H3/t15-/m0/s1. The van der Waals surface area contributed by atoms with Crippen LogP contribution in [-0.4, -0.2) is 38.7 Å². The van der Waals surface area contributed by atoms with E-state index >= 15 is 0 Å². The highest BCUT2D eigenvalue weighted by Gasteiger charge is 2.22. The maximum atomic E-state index is 11.3. The predicted octanol–water partition coefficient (Wildman–Crippen LogP) is 1.82. The van der Waals surface area contributed by atoms with Crippen molar-refractivity contribution in [3.05, 3.63) is 34.9 Å². The van der Waals surface area contributed by atoms with E-state index in [1.807, 2.05) is 0 Å². The summed E-state index contributed by atoms with van der Waals surface area (Å²) in [7, 11) is -3.11. The van der Waals surface area contributed by atoms with Crippen molar-refractivity contribution in [3.8, 4) is 0 Å². The lowest BCUT2D eigenvalue weighted by atomic mass is 10.0. The number of nitrogens with one attached hydrogen (secondary N) is 1. The highest BCUT2D eigenvalue weighted by atomic mass is 32.2. The zero-order valence-corrected chi connectivity index (χ0v) is 13.3. The van der Waals surface area contributed by atoms with E-state index in [4.69, 9.17) is 0 Å². The summed E-state index contributed by atoms with van der Waals surface area (Å²) in [5, 5.41) is 0. The largest absolute Gasteiger partial charge is 0.298 e. The van der Waals surface area contributed by atoms with Crippen molar-refractivity contribution in [2.75, 3.05) is 19.3 Å². The summed E-state index contributed by atoms with van der Waals surface area (Å²) in [6.07, 6.45) is 3.20. The number of hydrogen-bond donors (Lipinski definition) is 1. The Balaban J connectivity index is 1.97. The van der Waals surface area contributed by atoms with Crippen molar-refractivity contribution in [1.29, 1.82) is 0 Å². The molecule has 1 N–H and O–H groups in total. The molecular weight excluding hydrogens is 272 g/mol. The van der Waals surface area contributed by atoms with Crippen LogP contribution in [0.5, 0.6) is 0 Å². The van der Waals surface area contributed by atoms with Crippen molar-refractivity contribution in [1.82, 2.24) is 9.62 Å². The number of sulfonamides is 1. The first-order valence-electron chi connectivity index (χ1n) is 7.09. The highest BCUT2D eigenvalue weighted by Crippen LogP contribution is 2.16. The topological polar surface area (TPSA) is 49.4 Å². The van der Waals surface area contributed by atoms with Crippen molar-refractivity contribution in [2.24, 2.45) is 0 Å². The third kappa shape index (κ3) is 4.58. The van der Waals surface area contributed by atoms with Crippen molar-refractivity contribution in [2.45, 2.75) is 39.3 Å². The van der Waals surface area contributed by atoms with Gasteiger partial charge in [0.1, 0.15) is 0 Å². The van der Waals surface area contributed by atoms with Gasteiger partial charge in [-0.05, 0) is 49.9 Å². The van der Waals surface area contributed by atoms with Crippen LogP contribution in [0.25, 0.3) is 0 Å². The fourth-order valence-electron chi connectivity index (χ4n) is 2.76. The lowest BCUT2D eigenvalue weighted by Crippen LogP contribution is -2.46. The first-order chi connectivity index (χ1) is 9.33. The second-order valence-electron chi connectivity index (χ2n) is 5.88. The average Bonchev–Trinajstić information content (AvgIpc) is 2.32. The summed E-state index contributed by atoms with van der Waals surface area (Å²) in [6.45, 7) is 6.97. The molecule has 1 saturated heterocycles. The Hall–Kier alpha value is -0.910. The molecule has 1 aliphatic heterocycles. The molecule has 0 aliphatic carbocycles. The van der Waals surface area contributed by atoms with Gasteiger partial charge in [-0.3, -0.25) is 4.90 Å². The average molecular weight is 296 g/mol. The molecule has 1 fully saturated rings. The molecule has 1 atom stereocenters. The van der Waals surface area contributed by atoms with E-state index in [1.54, 1.807) is 0 Å². The number of rotatable bonds is 4. The quantitative estimate of drug-likeness (QED) is 0.922. The number of hydrogen-bond acceptors (Lipinski definition) is 3. The van der Waals surface area contributed by atoms with Gasteiger partial charge in [0.05, 0.1) is 6.26 Å². The Morgan fingerprint density at radius 2 is 2.05 bits per heavy atom. The highest BCUT2D eigenvalue weighted by molar-refractivity contribution is 7.88. The molecule has 0 bridgehead atoms. The Labute approximate surface area is 122 Å². The van der Waals surface area contributed by atoms with Crippen molar-refractivity contribution in [3.63, 3.8) is 0 Å². The monoisotopic (exact) mass is 296 g/mol. The SMILES string of the molecule is Cc1ccc(CN2CCC[C@H](NS(C)(=O)=O)C2)cc1C. The van der Waals surface area contributed by atoms with Crippen LogP contribution < -0.4 is 4.72 Å². The van der Waals surface area contributed by atoms with E-state index in [-0.39, 0.29) is 6.04 Å². The van der Waals surface area contributed by atoms with Crippen LogP contribution in [0.3, 0.4) is 0 Å². The van der Waals surface area contributed by atoms with Crippen LogP contribution in [0, 0.1) is 13.8 Å². The zero-order chi connectivity index (χ0) is 14.8. The van der Waals surface area contributed by atoms with Gasteiger partial charge in [0.25, 0.3) is 0 Å². The molecule has 0 amide bonds. The minimum Gasteiger partial charge on any atom is -0.298 e. The molecule has 2 rings (SSSR count). The van der Waals surface area contributed by atoms with Crippen molar-refractivity contribution >= 4 is 10.0 Å². The van der Waals surface area contributed by atoms with Gasteiger partial charge in [-0.25, -0.2) is 13.1 Å². The van der Waals surface area contributed by atoms with Crippen LogP contribution in [0.15, 0.2) is 18.2 Å². The third-order valence-electron chi connectivity index (χ3n) is 3.86. The summed E-state index contributed by atoms with van der Waals surface area (Å²) >= 11 is 0. The molecule has 112 valence electrons. The molecule has 0 spiro atoms. The van der Waals surface area contributed by atoms with E-state index in [9.17, 15) is 8.42 Å². The molecule has 20 heavy (non-hydrogen) atoms. The van der Waals surface area contributed by atoms with E-state index in [0.29, 0.717) is 0 Å². The fraction of sp³-hybridized carbons (Fsp3) is 0.600. The number of likely N-dealkylation sites (tertiary alicyclic amines) is 1. The van der Waals surface area contributed by atoms with Gasteiger partial charge in [-0.1, -0.05) is 18.2 Å². The van der Waals surface area contributed by atoms with Crippen LogP contribution >= 0.6 is 0 Å². The third-order valence-corrected chi connectivity index (χ3v) is 4.63. The van der Waals surface area contributed by atoms with Gasteiger partial charge >= 0.3 is 0 Å². The van der Waals surface area contributed by atoms with Gasteiger partial charge in [0.2, 0.25) is 10.0 Å². The van der Waals surface area contributed by atoms with Crippen molar-refractivity contribution < 1.29 is 8.42 Å². The lowest BCUT2D eigenvalue weighted by molar-refractivity contribution is 0.194. The molecule has 1 aromatic rings. The normalized spacial score (nSPS) is 21.1. The Bertz CT molecular complexity index is 569. The summed E-state index contributed by atoms with van der Waals surface area (Å²) in [4.78, 5) is 2.33. The first-order valence-corrected chi connectivity index (χ1v) is 8.98. The Morgan fingerprint density at radius 1 is 1.30 bits per heavy atom. The van der Waals surface area contributed by atoms with E-state index in [1.165, 1.54) is 22.9 Å². The lowest BCUT2D eigenvalue weighted by Gasteiger charge is -2.32. The summed E-state index contributed by atoms with van der Waals surface area (Å²) in [6, 6.07) is 6.59. The predicted molar refractivity (Wildman–Crippen MR) is 82.2 cm³/mol. The summed E-state index contributed by atoms with van der Waals surface area (Å²) in [5.74, 6) is 0. The second kappa shape index (κ2) is 6.24. The number of piperidine rings is 1. The zero-order valence-electron chi connectivity index (χ0n) is 12.5. The van der Waals surface area contributed by atoms with E-state index in [0.717, 1.165) is 32.5 Å². The van der Waals surface area contributed by atoms with Crippen LogP contribution in [0.1, 0.15) is 29.5 Å². The number of aryl methyl sites for hydroxylation is 2. The van der Waals surface area contributed by atoms with Gasteiger partial charge in [0, 0.05) is 19.1 Å². The van der Waals surface area contributed by atoms with Gasteiger partial charge in [0.15, 0.2) is 0 Å². The maximum Gasteiger partial charge on any atom is 0.208 e. The van der Waals surface area contributed by atoms with Gasteiger partial charge < -0.3 is 0 Å². The van der Waals surface area contributed by atoms with Gasteiger partial charge in [-0.15, -0.1) is 0 Å². The maximum absolute atomic E-state index is 11.3. The van der Waals surface area contributed by atoms with Crippen LogP contribution in [0.4, 0.5) is 0 Å². The minimum absolute atomic E-state index is 0.0466. The first kappa shape index (κ1) is 15.5. The molecule has 5 heteroatoms. The molecule has 0 aromatic heterocycles. The van der Waals surface area contributed by atoms with E-state index in [2.05, 4.69) is 41.7 Å². The Morgan fingerprint density at radius 3 is 2.70 bits per heavy atom. The molecule has 1 heterocycles. The molecule has 0 radical (unpaired) electrons. The Kier molecular flexibility index (Phi) is 4.83. The van der Waals surface area contributed by atoms with Crippen LogP contribution in [0.2, 0.25) is 0 Å². The summed E-state index contributed by atoms with van der Waals surface area (Å²) in [5.41, 5.74) is 3.92. The fourth-order valence-corrected chi connectivity index (χ4v) is 3.56. The molecule has 0 unspecified atom stereocenters. The molecule has 1 aromatic carbocycles. The van der Waals surface area contributed by atoms with Crippen LogP contribution in [-0.2, 0) is 16.6 Å². The second-order valence-corrected chi connectivity index (χ2v) is 7.66. The van der Waals surface area contributed by atoms with E-state index < -0.39 is 10.0 Å². The molecule has 4 nitrogen and oxygen atoms in total. The molecule has 1 aliphatic rings. The smallest absolute Gasteiger partial charge is 0.208 e. The number of benzene rings is 1. The molecular formula is C15H24N2O2S. The summed E-state index contributed by atoms with van der Waals surface area (Å²) < 4.78 is 25.4. The minimum atomic E-state index is -3.11.